The van der Waals surface area contributed by atoms with Gasteiger partial charge in [-0.1, -0.05) is 24.3 Å². The lowest BCUT2D eigenvalue weighted by Crippen LogP contribution is -2.39. The minimum atomic E-state index is -3.90. The lowest BCUT2D eigenvalue weighted by Gasteiger charge is -2.16. The van der Waals surface area contributed by atoms with Crippen molar-refractivity contribution in [2.24, 2.45) is 0 Å². The Morgan fingerprint density at radius 1 is 1.09 bits per heavy atom. The zero-order chi connectivity index (χ0) is 24.7. The lowest BCUT2D eigenvalue weighted by molar-refractivity contribution is -0.0329. The quantitative estimate of drug-likeness (QED) is 0.232. The van der Waals surface area contributed by atoms with Gasteiger partial charge < -0.3 is 26.4 Å². The van der Waals surface area contributed by atoms with Gasteiger partial charge in [-0.2, -0.15) is 0 Å². The fourth-order valence-electron chi connectivity index (χ4n) is 4.01. The molecule has 0 radical (unpaired) electrons. The summed E-state index contributed by atoms with van der Waals surface area (Å²) in [6, 6.07) is 11.2. The molecule has 4 aromatic rings. The highest BCUT2D eigenvalue weighted by Gasteiger charge is 2.44. The Bertz CT molecular complexity index is 1540. The molecule has 7 N–H and O–H groups in total. The second kappa shape index (κ2) is 8.87. The van der Waals surface area contributed by atoms with Crippen LogP contribution in [-0.4, -0.2) is 63.0 Å². The maximum atomic E-state index is 12.6. The molecular formula is C22H23N7O5S. The predicted octanol–water partition coefficient (Wildman–Crippen LogP) is 0.353. The van der Waals surface area contributed by atoms with Gasteiger partial charge in [0.2, 0.25) is 10.0 Å². The van der Waals surface area contributed by atoms with Gasteiger partial charge in [0.25, 0.3) is 0 Å². The van der Waals surface area contributed by atoms with Gasteiger partial charge in [0.1, 0.15) is 30.2 Å². The van der Waals surface area contributed by atoms with Crippen LogP contribution in [0.2, 0.25) is 0 Å². The van der Waals surface area contributed by atoms with Crippen LogP contribution in [0.15, 0.2) is 54.5 Å². The number of sulfonamides is 1. The number of nitrogens with zero attached hydrogens (tertiary/aromatic N) is 4. The van der Waals surface area contributed by atoms with Crippen molar-refractivity contribution in [1.29, 1.82) is 0 Å². The highest BCUT2D eigenvalue weighted by Crippen LogP contribution is 2.32. The largest absolute Gasteiger partial charge is 0.398 e. The van der Waals surface area contributed by atoms with Crippen molar-refractivity contribution in [1.82, 2.24) is 24.2 Å². The van der Waals surface area contributed by atoms with Crippen molar-refractivity contribution < 1.29 is 23.4 Å². The fourth-order valence-corrected chi connectivity index (χ4v) is 4.83. The van der Waals surface area contributed by atoms with Gasteiger partial charge in [-0.05, 0) is 34.5 Å². The first-order valence-corrected chi connectivity index (χ1v) is 12.2. The number of anilines is 2. The highest BCUT2D eigenvalue weighted by molar-refractivity contribution is 7.92. The second-order valence-electron chi connectivity index (χ2n) is 8.15. The molecule has 1 saturated heterocycles. The molecule has 3 heterocycles. The summed E-state index contributed by atoms with van der Waals surface area (Å²) in [7, 11) is -3.90. The SMILES string of the molecule is Nc1cc2ccccc2cc1/C=C/S(=O)(=O)NC[C@H]1O[C@@H](n2cnc3c(N)ncnc32)[C@H](O)[C@@H]1O. The number of aromatic nitrogens is 4. The molecule has 182 valence electrons. The molecule has 4 atom stereocenters. The van der Waals surface area contributed by atoms with E-state index < -0.39 is 34.6 Å². The van der Waals surface area contributed by atoms with Gasteiger partial charge in [-0.25, -0.2) is 28.1 Å². The van der Waals surface area contributed by atoms with Crippen LogP contribution in [-0.2, 0) is 14.8 Å². The Kier molecular flexibility index (Phi) is 5.86. The number of fused-ring (bicyclic) bond motifs is 2. The summed E-state index contributed by atoms with van der Waals surface area (Å²) in [5.41, 5.74) is 13.5. The van der Waals surface area contributed by atoms with Crippen LogP contribution in [0.3, 0.4) is 0 Å². The normalized spacial score (nSPS) is 23.0. The van der Waals surface area contributed by atoms with Crippen LogP contribution in [0.25, 0.3) is 28.0 Å². The molecule has 1 aliphatic rings. The fraction of sp³-hybridized carbons (Fsp3) is 0.227. The zero-order valence-electron chi connectivity index (χ0n) is 18.3. The number of nitrogen functional groups attached to an aromatic ring is 2. The number of aliphatic hydroxyl groups is 2. The molecular weight excluding hydrogens is 474 g/mol. The molecule has 5 rings (SSSR count). The number of ether oxygens (including phenoxy) is 1. The van der Waals surface area contributed by atoms with Crippen LogP contribution < -0.4 is 16.2 Å². The van der Waals surface area contributed by atoms with Gasteiger partial charge in [0, 0.05) is 17.6 Å². The molecule has 2 aromatic carbocycles. The first-order valence-electron chi connectivity index (χ1n) is 10.6. The third kappa shape index (κ3) is 4.42. The second-order valence-corrected chi connectivity index (χ2v) is 9.80. The molecule has 1 fully saturated rings. The summed E-state index contributed by atoms with van der Waals surface area (Å²) in [6.45, 7) is -0.279. The lowest BCUT2D eigenvalue weighted by atomic mass is 10.1. The van der Waals surface area contributed by atoms with E-state index >= 15 is 0 Å². The summed E-state index contributed by atoms with van der Waals surface area (Å²) in [5.74, 6) is 0.157. The molecule has 0 aliphatic carbocycles. The number of aliphatic hydroxyl groups excluding tert-OH is 2. The number of hydrogen-bond acceptors (Lipinski definition) is 10. The number of rotatable bonds is 6. The first kappa shape index (κ1) is 23.1. The van der Waals surface area contributed by atoms with Crippen molar-refractivity contribution in [3.63, 3.8) is 0 Å². The van der Waals surface area contributed by atoms with Crippen LogP contribution in [0.5, 0.6) is 0 Å². The minimum absolute atomic E-state index is 0.157. The van der Waals surface area contributed by atoms with Crippen molar-refractivity contribution in [2.75, 3.05) is 18.0 Å². The van der Waals surface area contributed by atoms with Crippen molar-refractivity contribution in [3.05, 3.63) is 60.0 Å². The maximum Gasteiger partial charge on any atom is 0.233 e. The maximum absolute atomic E-state index is 12.6. The van der Waals surface area contributed by atoms with E-state index in [2.05, 4.69) is 19.7 Å². The Morgan fingerprint density at radius 3 is 2.60 bits per heavy atom. The summed E-state index contributed by atoms with van der Waals surface area (Å²) < 4.78 is 34.7. The van der Waals surface area contributed by atoms with Crippen molar-refractivity contribution in [3.8, 4) is 0 Å². The molecule has 0 bridgehead atoms. The highest BCUT2D eigenvalue weighted by atomic mass is 32.2. The number of hydrogen-bond donors (Lipinski definition) is 5. The third-order valence-electron chi connectivity index (χ3n) is 5.86. The van der Waals surface area contributed by atoms with Crippen LogP contribution >= 0.6 is 0 Å². The molecule has 0 spiro atoms. The van der Waals surface area contributed by atoms with Gasteiger partial charge in [0.15, 0.2) is 17.7 Å². The van der Waals surface area contributed by atoms with Crippen molar-refractivity contribution in [2.45, 2.75) is 24.5 Å². The summed E-state index contributed by atoms with van der Waals surface area (Å²) >= 11 is 0. The van der Waals surface area contributed by atoms with E-state index in [-0.39, 0.29) is 12.4 Å². The standard InChI is InChI=1S/C22H23N7O5S/c23-15-8-13-4-2-1-3-12(13)7-14(15)5-6-35(32,33)28-9-16-18(30)19(31)22(34-16)29-11-27-17-20(24)25-10-26-21(17)29/h1-8,10-11,16,18-19,22,28,30-31H,9,23H2,(H2,24,25,26)/b6-5+/t16-,18-,19-,22-/m1/s1. The molecule has 13 heteroatoms. The Hall–Kier alpha value is -3.62. The molecule has 0 amide bonds. The topological polar surface area (TPSA) is 191 Å². The predicted molar refractivity (Wildman–Crippen MR) is 130 cm³/mol. The zero-order valence-corrected chi connectivity index (χ0v) is 19.1. The average Bonchev–Trinajstić information content (AvgIpc) is 3.38. The van der Waals surface area contributed by atoms with Gasteiger partial charge in [-0.3, -0.25) is 4.57 Å². The van der Waals surface area contributed by atoms with Crippen LogP contribution in [0, 0.1) is 0 Å². The molecule has 2 aromatic heterocycles. The van der Waals surface area contributed by atoms with E-state index in [1.807, 2.05) is 24.3 Å². The molecule has 35 heavy (non-hydrogen) atoms. The summed E-state index contributed by atoms with van der Waals surface area (Å²) in [4.78, 5) is 12.1. The van der Waals surface area contributed by atoms with E-state index in [1.54, 1.807) is 12.1 Å². The van der Waals surface area contributed by atoms with Crippen LogP contribution in [0.1, 0.15) is 11.8 Å². The smallest absolute Gasteiger partial charge is 0.233 e. The number of nitrogens with two attached hydrogens (primary N) is 2. The van der Waals surface area contributed by atoms with Gasteiger partial charge in [0.05, 0.1) is 6.33 Å². The number of imidazole rings is 1. The van der Waals surface area contributed by atoms with E-state index in [1.165, 1.54) is 23.3 Å². The monoisotopic (exact) mass is 497 g/mol. The van der Waals surface area contributed by atoms with E-state index in [4.69, 9.17) is 16.2 Å². The Balaban J connectivity index is 1.29. The third-order valence-corrected chi connectivity index (χ3v) is 6.93. The average molecular weight is 498 g/mol. The first-order chi connectivity index (χ1) is 16.7. The van der Waals surface area contributed by atoms with E-state index in [0.29, 0.717) is 22.4 Å². The molecule has 0 unspecified atom stereocenters. The molecule has 1 aliphatic heterocycles. The summed E-state index contributed by atoms with van der Waals surface area (Å²) in [5, 5.41) is 23.8. The molecule has 12 nitrogen and oxygen atoms in total. The van der Waals surface area contributed by atoms with Crippen LogP contribution in [0.4, 0.5) is 11.5 Å². The summed E-state index contributed by atoms with van der Waals surface area (Å²) in [6.07, 6.45) is -0.791. The van der Waals surface area contributed by atoms with Gasteiger partial charge in [-0.15, -0.1) is 0 Å². The Labute approximate surface area is 199 Å². The molecule has 0 saturated carbocycles. The van der Waals surface area contributed by atoms with Gasteiger partial charge >= 0.3 is 0 Å². The van der Waals surface area contributed by atoms with Crippen molar-refractivity contribution >= 4 is 49.5 Å². The Morgan fingerprint density at radius 2 is 1.83 bits per heavy atom. The van der Waals surface area contributed by atoms with E-state index in [0.717, 1.165) is 16.2 Å². The number of nitrogens with one attached hydrogen (secondary N) is 1. The minimum Gasteiger partial charge on any atom is -0.398 e. The van der Waals surface area contributed by atoms with E-state index in [9.17, 15) is 18.6 Å². The number of benzene rings is 2.